The van der Waals surface area contributed by atoms with E-state index in [-0.39, 0.29) is 0 Å². The fraction of sp³-hybridized carbons (Fsp3) is 0.300. The first kappa shape index (κ1) is 8.75. The van der Waals surface area contributed by atoms with Gasteiger partial charge in [-0.25, -0.2) is 8.42 Å². The molecule has 0 bridgehead atoms. The van der Waals surface area contributed by atoms with E-state index >= 15 is 0 Å². The van der Waals surface area contributed by atoms with Gasteiger partial charge in [0.2, 0.25) is 0 Å². The van der Waals surface area contributed by atoms with Gasteiger partial charge in [0.05, 0.1) is 4.90 Å². The second-order valence-corrected chi connectivity index (χ2v) is 5.42. The lowest BCUT2D eigenvalue weighted by molar-refractivity contribution is 0.602. The minimum atomic E-state index is -3.03. The molecule has 13 heavy (non-hydrogen) atoms. The van der Waals surface area contributed by atoms with E-state index in [9.17, 15) is 8.42 Å². The lowest BCUT2D eigenvalue weighted by Crippen LogP contribution is -1.96. The molecule has 0 amide bonds. The molecule has 2 nitrogen and oxygen atoms in total. The van der Waals surface area contributed by atoms with Crippen LogP contribution >= 0.6 is 0 Å². The average molecular weight is 195 g/mol. The van der Waals surface area contributed by atoms with Crippen LogP contribution in [-0.2, 0) is 9.84 Å². The Morgan fingerprint density at radius 1 is 1.08 bits per heavy atom. The quantitative estimate of drug-likeness (QED) is 0.721. The minimum Gasteiger partial charge on any atom is -0.224 e. The fourth-order valence-electron chi connectivity index (χ4n) is 1.29. The first-order chi connectivity index (χ1) is 6.07. The van der Waals surface area contributed by atoms with Gasteiger partial charge < -0.3 is 0 Å². The Morgan fingerprint density at radius 3 is 2.00 bits per heavy atom. The van der Waals surface area contributed by atoms with E-state index in [1.807, 2.05) is 12.1 Å². The van der Waals surface area contributed by atoms with Crippen LogP contribution in [0.2, 0.25) is 0 Å². The molecule has 69 valence electrons. The maximum absolute atomic E-state index is 11.1. The van der Waals surface area contributed by atoms with Crippen molar-refractivity contribution < 1.29 is 8.42 Å². The molecular weight excluding hydrogens is 184 g/mol. The second-order valence-electron chi connectivity index (χ2n) is 3.40. The van der Waals surface area contributed by atoms with Crippen LogP contribution in [-0.4, -0.2) is 14.7 Å². The summed E-state index contributed by atoms with van der Waals surface area (Å²) in [6.07, 6.45) is 3.56. The smallest absolute Gasteiger partial charge is 0.175 e. The Labute approximate surface area is 78.5 Å². The van der Waals surface area contributed by atoms with Crippen LogP contribution in [0.1, 0.15) is 18.4 Å². The van der Waals surface area contributed by atoms with E-state index in [0.717, 1.165) is 12.8 Å². The first-order valence-electron chi connectivity index (χ1n) is 4.22. The van der Waals surface area contributed by atoms with E-state index in [1.54, 1.807) is 12.1 Å². The van der Waals surface area contributed by atoms with Crippen LogP contribution in [0, 0.1) is 5.92 Å². The van der Waals surface area contributed by atoms with E-state index in [0.29, 0.717) is 4.90 Å². The molecule has 1 aliphatic rings. The van der Waals surface area contributed by atoms with Gasteiger partial charge >= 0.3 is 0 Å². The van der Waals surface area contributed by atoms with E-state index in [4.69, 9.17) is 0 Å². The van der Waals surface area contributed by atoms with Crippen LogP contribution in [0.4, 0.5) is 0 Å². The molecule has 1 fully saturated rings. The Bertz CT molecular complexity index is 399. The number of hydrogen-bond donors (Lipinski definition) is 0. The predicted molar refractivity (Wildman–Crippen MR) is 51.1 cm³/mol. The summed E-state index contributed by atoms with van der Waals surface area (Å²) >= 11 is 0. The largest absolute Gasteiger partial charge is 0.224 e. The molecule has 0 aromatic heterocycles. The van der Waals surface area contributed by atoms with E-state index in [2.05, 4.69) is 0 Å². The Hall–Kier alpha value is -0.830. The molecule has 0 heterocycles. The summed E-state index contributed by atoms with van der Waals surface area (Å²) in [7, 11) is -3.03. The van der Waals surface area contributed by atoms with Gasteiger partial charge in [0.25, 0.3) is 0 Å². The Morgan fingerprint density at radius 2 is 1.62 bits per heavy atom. The summed E-state index contributed by atoms with van der Waals surface area (Å²) in [4.78, 5) is 0.400. The molecule has 0 atom stereocenters. The highest BCUT2D eigenvalue weighted by molar-refractivity contribution is 7.90. The fourth-order valence-corrected chi connectivity index (χ4v) is 1.92. The third-order valence-corrected chi connectivity index (χ3v) is 3.32. The highest BCUT2D eigenvalue weighted by atomic mass is 32.2. The molecule has 0 saturated heterocycles. The summed E-state index contributed by atoms with van der Waals surface area (Å²) in [6.45, 7) is 0. The van der Waals surface area contributed by atoms with Crippen LogP contribution < -0.4 is 0 Å². The van der Waals surface area contributed by atoms with Crippen molar-refractivity contribution in [3.05, 3.63) is 35.7 Å². The summed E-state index contributed by atoms with van der Waals surface area (Å²) in [5.41, 5.74) is 1.19. The average Bonchev–Trinajstić information content (AvgIpc) is 2.85. The van der Waals surface area contributed by atoms with Crippen LogP contribution in [0.25, 0.3) is 0 Å². The van der Waals surface area contributed by atoms with Crippen LogP contribution in [0.3, 0.4) is 0 Å². The van der Waals surface area contributed by atoms with Gasteiger partial charge in [0, 0.05) is 12.2 Å². The van der Waals surface area contributed by atoms with Crippen molar-refractivity contribution in [2.24, 2.45) is 0 Å². The summed E-state index contributed by atoms with van der Waals surface area (Å²) in [5.74, 6) is 1.43. The molecule has 1 aromatic rings. The number of rotatable bonds is 2. The van der Waals surface area contributed by atoms with Crippen molar-refractivity contribution in [3.8, 4) is 0 Å². The molecule has 1 aromatic carbocycles. The van der Waals surface area contributed by atoms with Crippen LogP contribution in [0.5, 0.6) is 0 Å². The third-order valence-electron chi connectivity index (χ3n) is 2.19. The third kappa shape index (κ3) is 1.91. The maximum Gasteiger partial charge on any atom is 0.175 e. The molecule has 3 heteroatoms. The standard InChI is InChI=1S/C10H11O2S/c1-13(11,12)10-6-4-9(5-7-10)8-2-3-8/h4-7H,2-3H2,1H3. The van der Waals surface area contributed by atoms with Gasteiger partial charge in [0.1, 0.15) is 0 Å². The van der Waals surface area contributed by atoms with Crippen molar-refractivity contribution in [2.45, 2.75) is 17.7 Å². The molecule has 1 saturated carbocycles. The molecule has 0 spiro atoms. The van der Waals surface area contributed by atoms with Crippen molar-refractivity contribution in [1.29, 1.82) is 0 Å². The van der Waals surface area contributed by atoms with Gasteiger partial charge in [-0.1, -0.05) is 12.1 Å². The maximum atomic E-state index is 11.1. The van der Waals surface area contributed by atoms with E-state index < -0.39 is 9.84 Å². The van der Waals surface area contributed by atoms with Gasteiger partial charge in [-0.2, -0.15) is 0 Å². The van der Waals surface area contributed by atoms with Gasteiger partial charge in [-0.15, -0.1) is 0 Å². The van der Waals surface area contributed by atoms with Gasteiger partial charge in [0.15, 0.2) is 9.84 Å². The summed E-state index contributed by atoms with van der Waals surface area (Å²) < 4.78 is 22.2. The number of benzene rings is 1. The van der Waals surface area contributed by atoms with Crippen molar-refractivity contribution in [1.82, 2.24) is 0 Å². The highest BCUT2D eigenvalue weighted by Crippen LogP contribution is 2.38. The Kier molecular flexibility index (Phi) is 1.91. The molecule has 0 N–H and O–H groups in total. The number of hydrogen-bond acceptors (Lipinski definition) is 2. The van der Waals surface area contributed by atoms with Gasteiger partial charge in [-0.3, -0.25) is 0 Å². The normalized spacial score (nSPS) is 17.3. The molecule has 0 unspecified atom stereocenters. The van der Waals surface area contributed by atoms with Crippen molar-refractivity contribution in [3.63, 3.8) is 0 Å². The molecule has 1 aliphatic carbocycles. The molecule has 2 rings (SSSR count). The molecule has 1 radical (unpaired) electrons. The molecular formula is C10H11O2S. The monoisotopic (exact) mass is 195 g/mol. The van der Waals surface area contributed by atoms with Crippen molar-refractivity contribution >= 4 is 9.84 Å². The zero-order valence-electron chi connectivity index (χ0n) is 7.45. The van der Waals surface area contributed by atoms with E-state index in [1.165, 1.54) is 17.7 Å². The zero-order valence-corrected chi connectivity index (χ0v) is 8.26. The Balaban J connectivity index is 2.33. The second kappa shape index (κ2) is 2.84. The first-order valence-corrected chi connectivity index (χ1v) is 6.12. The lowest BCUT2D eigenvalue weighted by atomic mass is 10.1. The van der Waals surface area contributed by atoms with Crippen molar-refractivity contribution in [2.75, 3.05) is 6.26 Å². The van der Waals surface area contributed by atoms with Gasteiger partial charge in [-0.05, 0) is 30.5 Å². The summed E-state index contributed by atoms with van der Waals surface area (Å²) in [5, 5.41) is 0. The zero-order chi connectivity index (χ0) is 9.47. The SMILES string of the molecule is CS(=O)(=O)c1ccc([C]2CC2)cc1. The lowest BCUT2D eigenvalue weighted by Gasteiger charge is -1.99. The minimum absolute atomic E-state index is 0.400. The summed E-state index contributed by atoms with van der Waals surface area (Å²) in [6, 6.07) is 7.13. The number of sulfone groups is 1. The highest BCUT2D eigenvalue weighted by Gasteiger charge is 2.24. The predicted octanol–water partition coefficient (Wildman–Crippen LogP) is 1.81. The van der Waals surface area contributed by atoms with Crippen LogP contribution in [0.15, 0.2) is 29.2 Å². The molecule has 0 aliphatic heterocycles. The topological polar surface area (TPSA) is 34.1 Å².